The molecule has 2 bridgehead atoms. The Hall–Kier alpha value is -3.72. The van der Waals surface area contributed by atoms with Crippen LogP contribution in [0.4, 0.5) is 4.79 Å². The fourth-order valence-corrected chi connectivity index (χ4v) is 15.0. The number of aliphatic hydroxyl groups is 2. The van der Waals surface area contributed by atoms with Gasteiger partial charge in [-0.1, -0.05) is 71.1 Å². The zero-order chi connectivity index (χ0) is 59.7. The number of ether oxygens (including phenoxy) is 6. The highest BCUT2D eigenvalue weighted by molar-refractivity contribution is 7.72. The number of piperidine rings is 1. The van der Waals surface area contributed by atoms with Crippen LogP contribution in [-0.2, 0) is 61.5 Å². The van der Waals surface area contributed by atoms with Crippen molar-refractivity contribution in [2.45, 2.75) is 193 Å². The van der Waals surface area contributed by atoms with Gasteiger partial charge in [0.25, 0.3) is 11.7 Å². The first kappa shape index (κ1) is 68.8. The lowest BCUT2D eigenvalue weighted by atomic mass is 9.78. The van der Waals surface area contributed by atoms with Crippen LogP contribution in [0.3, 0.4) is 0 Å². The molecule has 1 unspecified atom stereocenters. The molecule has 2 saturated heterocycles. The number of methoxy groups -OCH3 is 3. The molecule has 0 aromatic carbocycles. The van der Waals surface area contributed by atoms with E-state index in [0.29, 0.717) is 63.4 Å². The van der Waals surface area contributed by atoms with Crippen LogP contribution in [0.25, 0.3) is 0 Å². The van der Waals surface area contributed by atoms with Crippen LogP contribution in [0, 0.1) is 35.5 Å². The quantitative estimate of drug-likeness (QED) is 0.0332. The largest absolute Gasteiger partial charge is 0.460 e. The second-order valence-corrected chi connectivity index (χ2v) is 27.6. The Balaban J connectivity index is 1.60. The minimum absolute atomic E-state index is 0.0221. The Labute approximate surface area is 472 Å². The molecule has 0 aromatic rings. The topological polar surface area (TPSA) is 308 Å². The maximum atomic E-state index is 14.6. The Bertz CT molecular complexity index is 2330. The molecule has 1 aliphatic carbocycles. The number of aliphatic hydroxyl groups excluding tert-OH is 1. The number of hydrogen-bond acceptors (Lipinski definition) is 16. The molecule has 16 atom stereocenters. The first-order valence-corrected chi connectivity index (χ1v) is 32.2. The number of Topliss-reactive ketones (excluding diaryl/α,β-unsaturated/α-hetero) is 3. The summed E-state index contributed by atoms with van der Waals surface area (Å²) in [6.07, 6.45) is 8.73. The molecule has 1 saturated carbocycles. The molecule has 6 N–H and O–H groups in total. The van der Waals surface area contributed by atoms with Crippen LogP contribution < -0.4 is 5.32 Å². The number of allylic oxidation sites excluding steroid dienone is 6. The van der Waals surface area contributed by atoms with Gasteiger partial charge in [0.05, 0.1) is 18.3 Å². The van der Waals surface area contributed by atoms with Gasteiger partial charge in [0, 0.05) is 71.2 Å². The summed E-state index contributed by atoms with van der Waals surface area (Å²) < 4.78 is 58.8. The van der Waals surface area contributed by atoms with Crippen molar-refractivity contribution in [3.8, 4) is 0 Å². The molecule has 21 nitrogen and oxygen atoms in total. The number of carbonyl (C=O) groups excluding carboxylic acids is 6. The van der Waals surface area contributed by atoms with E-state index < -0.39 is 123 Å². The van der Waals surface area contributed by atoms with Crippen molar-refractivity contribution in [3.63, 3.8) is 0 Å². The number of carbonyl (C=O) groups is 6. The second-order valence-electron chi connectivity index (χ2n) is 23.0. The number of hydrogen-bond donors (Lipinski definition) is 6. The van der Waals surface area contributed by atoms with E-state index in [2.05, 4.69) is 5.32 Å². The van der Waals surface area contributed by atoms with E-state index in [4.69, 9.17) is 38.2 Å². The molecule has 4 rings (SSSR count). The van der Waals surface area contributed by atoms with Crippen LogP contribution >= 0.6 is 15.0 Å². The van der Waals surface area contributed by atoms with Gasteiger partial charge in [-0.05, 0) is 120 Å². The average Bonchev–Trinajstić information content (AvgIpc) is 3.39. The van der Waals surface area contributed by atoms with E-state index in [-0.39, 0.29) is 74.8 Å². The third kappa shape index (κ3) is 20.6. The molecule has 4 aliphatic rings. The monoisotopic (exact) mass is 1170 g/mol. The van der Waals surface area contributed by atoms with Gasteiger partial charge in [-0.3, -0.25) is 28.3 Å². The second kappa shape index (κ2) is 31.8. The number of esters is 1. The Morgan fingerprint density at radius 3 is 2.24 bits per heavy atom. The molecule has 3 fully saturated rings. The zero-order valence-electron chi connectivity index (χ0n) is 48.6. The lowest BCUT2D eigenvalue weighted by molar-refractivity contribution is -0.265. The van der Waals surface area contributed by atoms with E-state index >= 15 is 0 Å². The van der Waals surface area contributed by atoms with Crippen molar-refractivity contribution in [2.75, 3.05) is 46.5 Å². The molecule has 80 heavy (non-hydrogen) atoms. The van der Waals surface area contributed by atoms with Gasteiger partial charge in [0.15, 0.2) is 5.78 Å². The van der Waals surface area contributed by atoms with E-state index in [0.717, 1.165) is 10.5 Å². The summed E-state index contributed by atoms with van der Waals surface area (Å²) in [5.41, 5.74) is 1.18. The van der Waals surface area contributed by atoms with Crippen LogP contribution in [0.15, 0.2) is 47.6 Å². The fraction of sp³-hybridized carbons (Fsp3) is 0.754. The molecule has 2 amide bonds. The smallest absolute Gasteiger partial charge is 0.407 e. The molecule has 0 spiro atoms. The Morgan fingerprint density at radius 1 is 0.863 bits per heavy atom. The van der Waals surface area contributed by atoms with Gasteiger partial charge >= 0.3 is 19.7 Å². The number of amides is 2. The first-order valence-electron chi connectivity index (χ1n) is 28.3. The average molecular weight is 1170 g/mol. The van der Waals surface area contributed by atoms with Gasteiger partial charge in [-0.15, -0.1) is 0 Å². The summed E-state index contributed by atoms with van der Waals surface area (Å²) in [5, 5.41) is 26.2. The number of nitrogens with zero attached hydrogens (tertiary/aromatic N) is 1. The summed E-state index contributed by atoms with van der Waals surface area (Å²) in [6.45, 7) is 12.5. The van der Waals surface area contributed by atoms with Crippen molar-refractivity contribution in [3.05, 3.63) is 47.6 Å². The zero-order valence-corrected chi connectivity index (χ0v) is 50.4. The van der Waals surface area contributed by atoms with Crippen LogP contribution in [0.1, 0.15) is 138 Å². The fourth-order valence-electron chi connectivity index (χ4n) is 11.4. The molecular formula is C57H92N2O19P2. The molecule has 454 valence electrons. The molecule has 3 aliphatic heterocycles. The van der Waals surface area contributed by atoms with Gasteiger partial charge in [-0.2, -0.15) is 0 Å². The molecule has 0 aromatic heterocycles. The van der Waals surface area contributed by atoms with Gasteiger partial charge < -0.3 is 63.5 Å². The number of alkyl carbamates (subject to hydrolysis) is 1. The summed E-state index contributed by atoms with van der Waals surface area (Å²) in [4.78, 5) is 114. The third-order valence-corrected chi connectivity index (χ3v) is 20.6. The van der Waals surface area contributed by atoms with Crippen molar-refractivity contribution in [1.29, 1.82) is 0 Å². The number of cyclic esters (lactones) is 1. The molecular weight excluding hydrogens is 1080 g/mol. The highest BCUT2D eigenvalue weighted by Gasteiger charge is 2.53. The molecule has 23 heteroatoms. The van der Waals surface area contributed by atoms with Crippen molar-refractivity contribution in [1.82, 2.24) is 10.2 Å². The van der Waals surface area contributed by atoms with Crippen molar-refractivity contribution >= 4 is 50.3 Å². The summed E-state index contributed by atoms with van der Waals surface area (Å²) in [5.74, 6) is -9.97. The SMILES string of the molecule is CO[C@H]1C[C@@H]2CC[C@@H](C)[C@@](O)(O2)C(=O)C(=O)N2CCCC[C@H]2C(=O)O[C@H]([C@H](C)C[C@H]2CC[C@@H](OC(=O)NCCCCP(=O)(O)CP(=O)(O)O)[C@H](OC)C2)CC(=O)[C@H](C)/C=C(\C)[C@@H](O)[C@@H](OC)C(=O)[C@H](C)C[C@H](C)/C=C/C=C/C=C/1C. The highest BCUT2D eigenvalue weighted by Crippen LogP contribution is 2.55. The standard InChI is InChI=1S/C57H92N2O19P2/c1-35-18-12-11-13-19-36(2)47(73-8)32-43-23-21-41(7)57(67,78-43)53(63)54(64)59-26-16-14-20-44(59)55(65)76-48(33-45(60)37(3)29-40(6)51(62)52(75-10)50(61)39(5)28-35)38(4)30-42-22-24-46(49(31-42)74-9)77-56(66)58-25-15-17-27-79(68,69)34-80(70,71)72/h11-13,18-19,29,35,37-39,41-44,46-49,51-52,62,67H,14-17,20-28,30-34H2,1-10H3,(H,58,66)(H,68,69)(H2,70,71,72)/b13-11+,18-12+,36-19+,40-29+/t35-,37-,38-,39-,41-,42-,43+,44+,46-,47+,48+,49-,51-,52+,57-/m1/s1. The lowest BCUT2D eigenvalue weighted by Gasteiger charge is -2.42. The number of ketones is 3. The van der Waals surface area contributed by atoms with Gasteiger partial charge in [-0.25, -0.2) is 9.59 Å². The summed E-state index contributed by atoms with van der Waals surface area (Å²) >= 11 is 0. The van der Waals surface area contributed by atoms with Gasteiger partial charge in [0.1, 0.15) is 42.1 Å². The maximum absolute atomic E-state index is 14.6. The molecule has 0 radical (unpaired) electrons. The van der Waals surface area contributed by atoms with Crippen molar-refractivity contribution < 1.29 is 91.2 Å². The molecule has 3 heterocycles. The van der Waals surface area contributed by atoms with Crippen molar-refractivity contribution in [2.24, 2.45) is 35.5 Å². The van der Waals surface area contributed by atoms with E-state index in [9.17, 15) is 53.0 Å². The van der Waals surface area contributed by atoms with Crippen LogP contribution in [-0.4, -0.2) is 166 Å². The Kier molecular flexibility index (Phi) is 27.3. The van der Waals surface area contributed by atoms with Crippen LogP contribution in [0.2, 0.25) is 0 Å². The minimum atomic E-state index is -4.67. The number of nitrogens with one attached hydrogen (secondary N) is 1. The normalized spacial score (nSPS) is 36.0. The first-order chi connectivity index (χ1) is 37.5. The number of fused-ring (bicyclic) bond motifs is 3. The summed E-state index contributed by atoms with van der Waals surface area (Å²) in [7, 11) is -4.32. The van der Waals surface area contributed by atoms with E-state index in [1.807, 2.05) is 51.2 Å². The summed E-state index contributed by atoms with van der Waals surface area (Å²) in [6, 6.07) is -1.22. The highest BCUT2D eigenvalue weighted by atomic mass is 31.2. The third-order valence-electron chi connectivity index (χ3n) is 16.3. The maximum Gasteiger partial charge on any atom is 0.407 e. The van der Waals surface area contributed by atoms with E-state index in [1.54, 1.807) is 40.9 Å². The van der Waals surface area contributed by atoms with E-state index in [1.165, 1.54) is 14.2 Å². The minimum Gasteiger partial charge on any atom is -0.460 e. The lowest BCUT2D eigenvalue weighted by Crippen LogP contribution is -2.61. The van der Waals surface area contributed by atoms with Gasteiger partial charge in [0.2, 0.25) is 13.2 Å². The predicted molar refractivity (Wildman–Crippen MR) is 298 cm³/mol. The number of unbranched alkanes of at least 4 members (excludes halogenated alkanes) is 1. The predicted octanol–water partition coefficient (Wildman–Crippen LogP) is 7.10. The van der Waals surface area contributed by atoms with Crippen LogP contribution in [0.5, 0.6) is 0 Å². The Morgan fingerprint density at radius 2 is 1.57 bits per heavy atom. The number of rotatable bonds is 14.